The molecule has 2 rings (SSSR count). The maximum atomic E-state index is 12.4. The van der Waals surface area contributed by atoms with Crippen LogP contribution in [0.2, 0.25) is 0 Å². The van der Waals surface area contributed by atoms with E-state index in [1.165, 1.54) is 7.11 Å². The first kappa shape index (κ1) is 19.5. The molecule has 0 aromatic heterocycles. The Bertz CT molecular complexity index is 752. The van der Waals surface area contributed by atoms with Crippen LogP contribution in [0.15, 0.2) is 48.5 Å². The van der Waals surface area contributed by atoms with Crippen molar-refractivity contribution in [2.75, 3.05) is 46.7 Å². The van der Waals surface area contributed by atoms with Crippen LogP contribution in [0.5, 0.6) is 11.5 Å². The third kappa shape index (κ3) is 5.63. The quantitative estimate of drug-likeness (QED) is 0.551. The summed E-state index contributed by atoms with van der Waals surface area (Å²) in [5.41, 5.74) is 2.53. The Morgan fingerprint density at radius 2 is 1.81 bits per heavy atom. The van der Waals surface area contributed by atoms with E-state index in [4.69, 9.17) is 9.47 Å². The predicted molar refractivity (Wildman–Crippen MR) is 106 cm³/mol. The van der Waals surface area contributed by atoms with Gasteiger partial charge in [0, 0.05) is 24.8 Å². The lowest BCUT2D eigenvalue weighted by Gasteiger charge is -2.11. The molecule has 0 aliphatic heterocycles. The lowest BCUT2D eigenvalue weighted by molar-refractivity contribution is 0.104. The van der Waals surface area contributed by atoms with Gasteiger partial charge in [-0.2, -0.15) is 0 Å². The van der Waals surface area contributed by atoms with Crippen LogP contribution >= 0.6 is 0 Å². The third-order valence-electron chi connectivity index (χ3n) is 3.90. The lowest BCUT2D eigenvalue weighted by Crippen LogP contribution is -2.20. The Hall–Kier alpha value is -2.79. The van der Waals surface area contributed by atoms with Crippen molar-refractivity contribution >= 4 is 17.5 Å². The SMILES string of the molecule is COc1ccc(C(=O)C=Cc2ccc(NCCN(C)C)cc2)c(OC)c1. The predicted octanol–water partition coefficient (Wildman–Crippen LogP) is 3.57. The Morgan fingerprint density at radius 3 is 2.42 bits per heavy atom. The monoisotopic (exact) mass is 354 g/mol. The summed E-state index contributed by atoms with van der Waals surface area (Å²) in [7, 11) is 7.21. The summed E-state index contributed by atoms with van der Waals surface area (Å²) in [4.78, 5) is 14.6. The number of benzene rings is 2. The van der Waals surface area contributed by atoms with E-state index in [0.29, 0.717) is 17.1 Å². The number of hydrogen-bond acceptors (Lipinski definition) is 5. The number of methoxy groups -OCH3 is 2. The maximum Gasteiger partial charge on any atom is 0.189 e. The number of nitrogens with one attached hydrogen (secondary N) is 1. The van der Waals surface area contributed by atoms with Gasteiger partial charge < -0.3 is 19.7 Å². The lowest BCUT2D eigenvalue weighted by atomic mass is 10.1. The highest BCUT2D eigenvalue weighted by Gasteiger charge is 2.10. The Morgan fingerprint density at radius 1 is 1.08 bits per heavy atom. The van der Waals surface area contributed by atoms with Crippen LogP contribution in [0.25, 0.3) is 6.08 Å². The highest BCUT2D eigenvalue weighted by molar-refractivity contribution is 6.08. The van der Waals surface area contributed by atoms with E-state index in [-0.39, 0.29) is 5.78 Å². The van der Waals surface area contributed by atoms with Crippen molar-refractivity contribution < 1.29 is 14.3 Å². The van der Waals surface area contributed by atoms with Crippen molar-refractivity contribution in [2.24, 2.45) is 0 Å². The van der Waals surface area contributed by atoms with Crippen LogP contribution in [-0.2, 0) is 0 Å². The molecule has 5 heteroatoms. The van der Waals surface area contributed by atoms with Crippen molar-refractivity contribution in [3.05, 3.63) is 59.7 Å². The Kier molecular flexibility index (Phi) is 7.24. The first-order chi connectivity index (χ1) is 12.5. The molecular weight excluding hydrogens is 328 g/mol. The van der Waals surface area contributed by atoms with Crippen LogP contribution in [0, 0.1) is 0 Å². The average Bonchev–Trinajstić information content (AvgIpc) is 2.66. The molecule has 0 amide bonds. The van der Waals surface area contributed by atoms with E-state index in [0.717, 1.165) is 24.3 Å². The average molecular weight is 354 g/mol. The van der Waals surface area contributed by atoms with Gasteiger partial charge in [0.15, 0.2) is 5.78 Å². The van der Waals surface area contributed by atoms with E-state index in [1.54, 1.807) is 37.5 Å². The van der Waals surface area contributed by atoms with Gasteiger partial charge in [0.2, 0.25) is 0 Å². The van der Waals surface area contributed by atoms with Crippen LogP contribution < -0.4 is 14.8 Å². The minimum absolute atomic E-state index is 0.113. The summed E-state index contributed by atoms with van der Waals surface area (Å²) >= 11 is 0. The number of carbonyl (C=O) groups is 1. The van der Waals surface area contributed by atoms with Gasteiger partial charge in [-0.1, -0.05) is 18.2 Å². The second kappa shape index (κ2) is 9.63. The first-order valence-electron chi connectivity index (χ1n) is 8.46. The molecule has 0 heterocycles. The van der Waals surface area contributed by atoms with Gasteiger partial charge in [-0.05, 0) is 50.0 Å². The van der Waals surface area contributed by atoms with Crippen molar-refractivity contribution in [3.8, 4) is 11.5 Å². The molecule has 0 saturated heterocycles. The van der Waals surface area contributed by atoms with Gasteiger partial charge in [-0.25, -0.2) is 0 Å². The summed E-state index contributed by atoms with van der Waals surface area (Å²) in [5.74, 6) is 1.04. The zero-order chi connectivity index (χ0) is 18.9. The minimum atomic E-state index is -0.113. The highest BCUT2D eigenvalue weighted by Crippen LogP contribution is 2.25. The molecule has 1 N–H and O–H groups in total. The number of rotatable bonds is 9. The molecule has 0 radical (unpaired) electrons. The van der Waals surface area contributed by atoms with Crippen molar-refractivity contribution in [1.82, 2.24) is 4.90 Å². The van der Waals surface area contributed by atoms with E-state index in [2.05, 4.69) is 10.2 Å². The van der Waals surface area contributed by atoms with E-state index in [9.17, 15) is 4.79 Å². The molecule has 0 aliphatic carbocycles. The summed E-state index contributed by atoms with van der Waals surface area (Å²) in [6, 6.07) is 13.1. The molecule has 0 unspecified atom stereocenters. The Balaban J connectivity index is 2.01. The molecule has 138 valence electrons. The number of likely N-dealkylation sites (N-methyl/N-ethyl adjacent to an activating group) is 1. The fourth-order valence-electron chi connectivity index (χ4n) is 2.40. The van der Waals surface area contributed by atoms with Crippen LogP contribution in [0.3, 0.4) is 0 Å². The summed E-state index contributed by atoms with van der Waals surface area (Å²) < 4.78 is 10.4. The molecule has 0 fully saturated rings. The number of hydrogen-bond donors (Lipinski definition) is 1. The number of nitrogens with zero attached hydrogens (tertiary/aromatic N) is 1. The van der Waals surface area contributed by atoms with Gasteiger partial charge in [0.05, 0.1) is 19.8 Å². The number of allylic oxidation sites excluding steroid dienone is 1. The van der Waals surface area contributed by atoms with Crippen molar-refractivity contribution in [3.63, 3.8) is 0 Å². The van der Waals surface area contributed by atoms with Gasteiger partial charge in [0.1, 0.15) is 11.5 Å². The van der Waals surface area contributed by atoms with Gasteiger partial charge in [-0.15, -0.1) is 0 Å². The standard InChI is InChI=1S/C21H26N2O3/c1-23(2)14-13-22-17-8-5-16(6-9-17)7-12-20(24)19-11-10-18(25-3)15-21(19)26-4/h5-12,15,22H,13-14H2,1-4H3. The fourth-order valence-corrected chi connectivity index (χ4v) is 2.40. The van der Waals surface area contributed by atoms with Gasteiger partial charge in [0.25, 0.3) is 0 Å². The molecule has 0 bridgehead atoms. The highest BCUT2D eigenvalue weighted by atomic mass is 16.5. The number of anilines is 1. The normalized spacial score (nSPS) is 11.0. The fraction of sp³-hybridized carbons (Fsp3) is 0.286. The molecule has 2 aromatic rings. The van der Waals surface area contributed by atoms with Crippen molar-refractivity contribution in [2.45, 2.75) is 0 Å². The third-order valence-corrected chi connectivity index (χ3v) is 3.90. The molecular formula is C21H26N2O3. The smallest absolute Gasteiger partial charge is 0.189 e. The molecule has 0 aliphatic rings. The van der Waals surface area contributed by atoms with Crippen molar-refractivity contribution in [1.29, 1.82) is 0 Å². The molecule has 0 spiro atoms. The molecule has 0 saturated carbocycles. The summed E-state index contributed by atoms with van der Waals surface area (Å²) in [5, 5.41) is 3.36. The topological polar surface area (TPSA) is 50.8 Å². The van der Waals surface area contributed by atoms with Crippen LogP contribution in [-0.4, -0.2) is 52.1 Å². The van der Waals surface area contributed by atoms with E-state index >= 15 is 0 Å². The zero-order valence-electron chi connectivity index (χ0n) is 15.8. The maximum absolute atomic E-state index is 12.4. The van der Waals surface area contributed by atoms with Crippen LogP contribution in [0.1, 0.15) is 15.9 Å². The Labute approximate surface area is 155 Å². The molecule has 5 nitrogen and oxygen atoms in total. The number of carbonyl (C=O) groups excluding carboxylic acids is 1. The number of ketones is 1. The second-order valence-electron chi connectivity index (χ2n) is 6.12. The minimum Gasteiger partial charge on any atom is -0.497 e. The van der Waals surface area contributed by atoms with E-state index in [1.807, 2.05) is 38.4 Å². The van der Waals surface area contributed by atoms with Crippen LogP contribution in [0.4, 0.5) is 5.69 Å². The van der Waals surface area contributed by atoms with E-state index < -0.39 is 0 Å². The largest absolute Gasteiger partial charge is 0.497 e. The summed E-state index contributed by atoms with van der Waals surface area (Å²) in [6.07, 6.45) is 3.36. The van der Waals surface area contributed by atoms with Gasteiger partial charge in [-0.3, -0.25) is 4.79 Å². The summed E-state index contributed by atoms with van der Waals surface area (Å²) in [6.45, 7) is 1.86. The first-order valence-corrected chi connectivity index (χ1v) is 8.46. The molecule has 2 aromatic carbocycles. The molecule has 0 atom stereocenters. The number of ether oxygens (including phenoxy) is 2. The zero-order valence-corrected chi connectivity index (χ0v) is 15.8. The second-order valence-corrected chi connectivity index (χ2v) is 6.12. The van der Waals surface area contributed by atoms with Gasteiger partial charge >= 0.3 is 0 Å². The molecule has 26 heavy (non-hydrogen) atoms.